The van der Waals surface area contributed by atoms with Crippen molar-refractivity contribution in [3.8, 4) is 5.69 Å². The number of nitrogens with zero attached hydrogens (tertiary/aromatic N) is 2. The maximum Gasteiger partial charge on any atom is 0.249 e. The molecule has 1 saturated carbocycles. The molecule has 2 aromatic rings. The van der Waals surface area contributed by atoms with Gasteiger partial charge in [-0.05, 0) is 37.5 Å². The lowest BCUT2D eigenvalue weighted by Gasteiger charge is -2.16. The largest absolute Gasteiger partial charge is 0.249 e. The third-order valence-corrected chi connectivity index (χ3v) is 5.00. The number of rotatable bonds is 4. The molecule has 1 aromatic carbocycles. The van der Waals surface area contributed by atoms with Gasteiger partial charge in [0.1, 0.15) is 24.1 Å². The van der Waals surface area contributed by atoms with Gasteiger partial charge in [-0.1, -0.05) is 45.9 Å². The van der Waals surface area contributed by atoms with Crippen molar-refractivity contribution in [2.24, 2.45) is 0 Å². The predicted molar refractivity (Wildman–Crippen MR) is 91.6 cm³/mol. The van der Waals surface area contributed by atoms with Gasteiger partial charge in [-0.3, -0.25) is 0 Å². The highest BCUT2D eigenvalue weighted by Crippen LogP contribution is 2.31. The first-order valence-electron chi connectivity index (χ1n) is 8.80. The summed E-state index contributed by atoms with van der Waals surface area (Å²) < 4.78 is 4.78. The summed E-state index contributed by atoms with van der Waals surface area (Å²) in [6.45, 7) is 9.16. The standard InChI is InChI=1S/C20H29N2/c1-15(2)18-10-7-11-19(16(3)4)20(18)22-13-12-21(14-22)17-8-5-6-9-17/h7,10-17H,5-6,8-9H2,1-4H3/q+1. The molecular formula is C20H29N2+. The fraction of sp³-hybridized carbons (Fsp3) is 0.550. The monoisotopic (exact) mass is 297 g/mol. The van der Waals surface area contributed by atoms with Crippen molar-refractivity contribution < 1.29 is 4.57 Å². The van der Waals surface area contributed by atoms with Gasteiger partial charge in [-0.2, -0.15) is 0 Å². The van der Waals surface area contributed by atoms with Crippen LogP contribution in [-0.2, 0) is 0 Å². The van der Waals surface area contributed by atoms with Crippen LogP contribution in [0.1, 0.15) is 82.4 Å². The van der Waals surface area contributed by atoms with Crippen LogP contribution in [0.25, 0.3) is 5.69 Å². The highest BCUT2D eigenvalue weighted by Gasteiger charge is 2.24. The van der Waals surface area contributed by atoms with Crippen molar-refractivity contribution in [1.82, 2.24) is 4.57 Å². The normalized spacial score (nSPS) is 16.1. The maximum absolute atomic E-state index is 2.42. The molecule has 1 heterocycles. The highest BCUT2D eigenvalue weighted by atomic mass is 15.1. The molecule has 1 aliphatic carbocycles. The third-order valence-electron chi connectivity index (χ3n) is 5.00. The van der Waals surface area contributed by atoms with E-state index in [9.17, 15) is 0 Å². The van der Waals surface area contributed by atoms with Gasteiger partial charge in [-0.25, -0.2) is 9.13 Å². The van der Waals surface area contributed by atoms with Gasteiger partial charge in [0, 0.05) is 11.1 Å². The summed E-state index contributed by atoms with van der Waals surface area (Å²) in [5, 5.41) is 0. The summed E-state index contributed by atoms with van der Waals surface area (Å²) in [4.78, 5) is 0. The van der Waals surface area contributed by atoms with Crippen LogP contribution in [0, 0.1) is 0 Å². The van der Waals surface area contributed by atoms with Crippen LogP contribution in [0.2, 0.25) is 0 Å². The van der Waals surface area contributed by atoms with Crippen molar-refractivity contribution >= 4 is 0 Å². The Kier molecular flexibility index (Phi) is 4.37. The van der Waals surface area contributed by atoms with E-state index >= 15 is 0 Å². The minimum atomic E-state index is 0.538. The average molecular weight is 297 g/mol. The first kappa shape index (κ1) is 15.3. The van der Waals surface area contributed by atoms with Crippen LogP contribution in [-0.4, -0.2) is 4.57 Å². The number of para-hydroxylation sites is 1. The van der Waals surface area contributed by atoms with Gasteiger partial charge in [0.05, 0.1) is 0 Å². The van der Waals surface area contributed by atoms with E-state index in [1.165, 1.54) is 42.5 Å². The molecule has 22 heavy (non-hydrogen) atoms. The predicted octanol–water partition coefficient (Wildman–Crippen LogP) is 5.13. The van der Waals surface area contributed by atoms with Gasteiger partial charge in [0.2, 0.25) is 6.33 Å². The molecule has 1 aromatic heterocycles. The van der Waals surface area contributed by atoms with E-state index in [1.807, 2.05) is 0 Å². The molecule has 0 radical (unpaired) electrons. The van der Waals surface area contributed by atoms with E-state index in [-0.39, 0.29) is 0 Å². The van der Waals surface area contributed by atoms with Gasteiger partial charge in [0.25, 0.3) is 0 Å². The Labute approximate surface area is 134 Å². The lowest BCUT2D eigenvalue weighted by atomic mass is 9.92. The quantitative estimate of drug-likeness (QED) is 0.692. The molecule has 2 heteroatoms. The van der Waals surface area contributed by atoms with Crippen LogP contribution in [0.3, 0.4) is 0 Å². The van der Waals surface area contributed by atoms with E-state index in [4.69, 9.17) is 0 Å². The molecule has 1 fully saturated rings. The van der Waals surface area contributed by atoms with E-state index in [0.717, 1.165) is 0 Å². The Balaban J connectivity index is 2.06. The number of aromatic nitrogens is 2. The highest BCUT2D eigenvalue weighted by molar-refractivity contribution is 5.50. The Morgan fingerprint density at radius 2 is 1.59 bits per heavy atom. The van der Waals surface area contributed by atoms with Gasteiger partial charge in [-0.15, -0.1) is 0 Å². The fourth-order valence-electron chi connectivity index (χ4n) is 3.73. The van der Waals surface area contributed by atoms with Crippen molar-refractivity contribution in [2.45, 2.75) is 71.3 Å². The van der Waals surface area contributed by atoms with Crippen LogP contribution in [0.4, 0.5) is 0 Å². The van der Waals surface area contributed by atoms with E-state index < -0.39 is 0 Å². The zero-order valence-corrected chi connectivity index (χ0v) is 14.4. The van der Waals surface area contributed by atoms with Gasteiger partial charge in [0.15, 0.2) is 0 Å². The number of hydrogen-bond donors (Lipinski definition) is 0. The molecule has 118 valence electrons. The number of benzene rings is 1. The van der Waals surface area contributed by atoms with Crippen molar-refractivity contribution in [3.63, 3.8) is 0 Å². The summed E-state index contributed by atoms with van der Waals surface area (Å²) in [5.41, 5.74) is 4.28. The minimum Gasteiger partial charge on any atom is -0.234 e. The zero-order valence-electron chi connectivity index (χ0n) is 14.4. The van der Waals surface area contributed by atoms with Crippen LogP contribution >= 0.6 is 0 Å². The van der Waals surface area contributed by atoms with Crippen LogP contribution < -0.4 is 4.57 Å². The summed E-state index contributed by atoms with van der Waals surface area (Å²) >= 11 is 0. The van der Waals surface area contributed by atoms with Crippen molar-refractivity contribution in [3.05, 3.63) is 48.0 Å². The Morgan fingerprint density at radius 3 is 2.14 bits per heavy atom. The zero-order chi connectivity index (χ0) is 15.7. The lowest BCUT2D eigenvalue weighted by molar-refractivity contribution is -0.721. The molecule has 0 atom stereocenters. The first-order valence-corrected chi connectivity index (χ1v) is 8.80. The number of imidazole rings is 1. The van der Waals surface area contributed by atoms with E-state index in [1.54, 1.807) is 0 Å². The molecule has 3 rings (SSSR count). The maximum atomic E-state index is 2.42. The summed E-state index contributed by atoms with van der Waals surface area (Å²) in [6, 6.07) is 7.48. The molecule has 0 aliphatic heterocycles. The molecule has 0 spiro atoms. The second kappa shape index (κ2) is 6.28. The van der Waals surface area contributed by atoms with E-state index in [2.05, 4.69) is 73.7 Å². The lowest BCUT2D eigenvalue weighted by Crippen LogP contribution is -2.35. The Hall–Kier alpha value is -1.57. The van der Waals surface area contributed by atoms with Crippen molar-refractivity contribution in [2.75, 3.05) is 0 Å². The van der Waals surface area contributed by atoms with Gasteiger partial charge < -0.3 is 0 Å². The van der Waals surface area contributed by atoms with Crippen molar-refractivity contribution in [1.29, 1.82) is 0 Å². The molecule has 0 N–H and O–H groups in total. The second-order valence-electron chi connectivity index (χ2n) is 7.30. The molecule has 2 nitrogen and oxygen atoms in total. The van der Waals surface area contributed by atoms with Gasteiger partial charge >= 0.3 is 0 Å². The molecular weight excluding hydrogens is 268 g/mol. The summed E-state index contributed by atoms with van der Waals surface area (Å²) in [6.07, 6.45) is 12.2. The third kappa shape index (κ3) is 2.84. The second-order valence-corrected chi connectivity index (χ2v) is 7.30. The smallest absolute Gasteiger partial charge is 0.234 e. The molecule has 0 bridgehead atoms. The Bertz CT molecular complexity index is 605. The molecule has 0 amide bonds. The number of hydrogen-bond acceptors (Lipinski definition) is 0. The first-order chi connectivity index (χ1) is 10.6. The molecule has 0 saturated heterocycles. The SMILES string of the molecule is CC(C)c1cccc(C(C)C)c1-n1cc[n+](C2CCCC2)c1. The summed E-state index contributed by atoms with van der Waals surface area (Å²) in [7, 11) is 0. The van der Waals surface area contributed by atoms with Crippen LogP contribution in [0.5, 0.6) is 0 Å². The average Bonchev–Trinajstić information content (AvgIpc) is 3.17. The topological polar surface area (TPSA) is 8.81 Å². The fourth-order valence-corrected chi connectivity index (χ4v) is 3.73. The summed E-state index contributed by atoms with van der Waals surface area (Å²) in [5.74, 6) is 1.08. The molecule has 1 aliphatic rings. The van der Waals surface area contributed by atoms with E-state index in [0.29, 0.717) is 17.9 Å². The van der Waals surface area contributed by atoms with Crippen LogP contribution in [0.15, 0.2) is 36.9 Å². The minimum absolute atomic E-state index is 0.538. The Morgan fingerprint density at radius 1 is 1.00 bits per heavy atom. The molecule has 0 unspecified atom stereocenters.